The Labute approximate surface area is 115 Å². The van der Waals surface area contributed by atoms with Gasteiger partial charge in [0.1, 0.15) is 5.82 Å². The number of aromatic nitrogens is 1. The number of anilines is 1. The minimum absolute atomic E-state index is 0.327. The van der Waals surface area contributed by atoms with Crippen molar-refractivity contribution in [2.75, 3.05) is 5.32 Å². The van der Waals surface area contributed by atoms with Gasteiger partial charge in [0.2, 0.25) is 0 Å². The average molecular weight is 285 g/mol. The van der Waals surface area contributed by atoms with Gasteiger partial charge in [-0.05, 0) is 30.7 Å². The number of rotatable bonds is 3. The molecule has 2 aromatic rings. The largest absolute Gasteiger partial charge is 0.378 e. The SMILES string of the molecule is Cc1cnc(Cl)c(NCc2ccc(Cl)cc2F)c1. The molecular weight excluding hydrogens is 274 g/mol. The molecule has 0 unspecified atom stereocenters. The van der Waals surface area contributed by atoms with Crippen molar-refractivity contribution >= 4 is 28.9 Å². The zero-order valence-electron chi connectivity index (χ0n) is 9.67. The summed E-state index contributed by atoms with van der Waals surface area (Å²) in [6, 6.07) is 6.44. The number of benzene rings is 1. The molecule has 94 valence electrons. The second-order valence-electron chi connectivity index (χ2n) is 3.94. The maximum Gasteiger partial charge on any atom is 0.152 e. The predicted octanol–water partition coefficient (Wildman–Crippen LogP) is 4.45. The second-order valence-corrected chi connectivity index (χ2v) is 4.73. The van der Waals surface area contributed by atoms with E-state index in [1.54, 1.807) is 18.3 Å². The summed E-state index contributed by atoms with van der Waals surface area (Å²) >= 11 is 11.6. The second kappa shape index (κ2) is 5.55. The molecule has 1 aromatic heterocycles. The van der Waals surface area contributed by atoms with Crippen molar-refractivity contribution in [2.45, 2.75) is 13.5 Å². The van der Waals surface area contributed by atoms with Crippen molar-refractivity contribution in [1.29, 1.82) is 0 Å². The lowest BCUT2D eigenvalue weighted by molar-refractivity contribution is 0.613. The van der Waals surface area contributed by atoms with Gasteiger partial charge >= 0.3 is 0 Å². The fourth-order valence-electron chi connectivity index (χ4n) is 1.53. The Morgan fingerprint density at radius 3 is 2.78 bits per heavy atom. The quantitative estimate of drug-likeness (QED) is 0.843. The van der Waals surface area contributed by atoms with Crippen LogP contribution in [0.3, 0.4) is 0 Å². The summed E-state index contributed by atoms with van der Waals surface area (Å²) in [6.07, 6.45) is 1.68. The van der Waals surface area contributed by atoms with Gasteiger partial charge in [-0.2, -0.15) is 0 Å². The number of hydrogen-bond donors (Lipinski definition) is 1. The van der Waals surface area contributed by atoms with Gasteiger partial charge in [0.25, 0.3) is 0 Å². The Kier molecular flexibility index (Phi) is 4.04. The normalized spacial score (nSPS) is 10.4. The molecule has 0 atom stereocenters. The predicted molar refractivity (Wildman–Crippen MR) is 72.7 cm³/mol. The van der Waals surface area contributed by atoms with Crippen LogP contribution < -0.4 is 5.32 Å². The van der Waals surface area contributed by atoms with Crippen molar-refractivity contribution in [1.82, 2.24) is 4.98 Å². The lowest BCUT2D eigenvalue weighted by atomic mass is 10.2. The molecular formula is C13H11Cl2FN2. The Balaban J connectivity index is 2.13. The molecule has 2 nitrogen and oxygen atoms in total. The summed E-state index contributed by atoms with van der Waals surface area (Å²) in [5, 5.41) is 3.80. The molecule has 0 saturated carbocycles. The Morgan fingerprint density at radius 1 is 1.28 bits per heavy atom. The van der Waals surface area contributed by atoms with Crippen molar-refractivity contribution in [3.05, 3.63) is 57.6 Å². The highest BCUT2D eigenvalue weighted by molar-refractivity contribution is 6.32. The first-order valence-electron chi connectivity index (χ1n) is 5.36. The molecule has 5 heteroatoms. The van der Waals surface area contributed by atoms with Gasteiger partial charge in [-0.1, -0.05) is 29.3 Å². The first-order chi connectivity index (χ1) is 8.56. The topological polar surface area (TPSA) is 24.9 Å². The smallest absolute Gasteiger partial charge is 0.152 e. The van der Waals surface area contributed by atoms with E-state index >= 15 is 0 Å². The van der Waals surface area contributed by atoms with Crippen molar-refractivity contribution in [2.24, 2.45) is 0 Å². The monoisotopic (exact) mass is 284 g/mol. The summed E-state index contributed by atoms with van der Waals surface area (Å²) in [5.74, 6) is -0.341. The molecule has 1 N–H and O–H groups in total. The number of nitrogens with zero attached hydrogens (tertiary/aromatic N) is 1. The number of halogens is 3. The van der Waals surface area contributed by atoms with Crippen LogP contribution in [0, 0.1) is 12.7 Å². The summed E-state index contributed by atoms with van der Waals surface area (Å²) < 4.78 is 13.6. The van der Waals surface area contributed by atoms with Crippen LogP contribution in [0.2, 0.25) is 10.2 Å². The van der Waals surface area contributed by atoms with E-state index in [4.69, 9.17) is 23.2 Å². The van der Waals surface area contributed by atoms with E-state index < -0.39 is 0 Å². The fourth-order valence-corrected chi connectivity index (χ4v) is 1.86. The molecule has 0 fully saturated rings. The van der Waals surface area contributed by atoms with Crippen molar-refractivity contribution < 1.29 is 4.39 Å². The standard InChI is InChI=1S/C13H11Cl2FN2/c1-8-4-12(13(15)18-6-8)17-7-9-2-3-10(14)5-11(9)16/h2-6,17H,7H2,1H3. The highest BCUT2D eigenvalue weighted by Crippen LogP contribution is 2.21. The number of nitrogens with one attached hydrogen (secondary N) is 1. The first-order valence-corrected chi connectivity index (χ1v) is 6.12. The lowest BCUT2D eigenvalue weighted by Gasteiger charge is -2.09. The van der Waals surface area contributed by atoms with E-state index in [1.807, 2.05) is 13.0 Å². The van der Waals surface area contributed by atoms with Crippen LogP contribution in [0.25, 0.3) is 0 Å². The Bertz CT molecular complexity index is 573. The summed E-state index contributed by atoms with van der Waals surface area (Å²) in [5.41, 5.74) is 2.20. The number of pyridine rings is 1. The molecule has 2 rings (SSSR count). The zero-order chi connectivity index (χ0) is 13.1. The van der Waals surface area contributed by atoms with E-state index in [0.717, 1.165) is 5.56 Å². The van der Waals surface area contributed by atoms with Crippen molar-refractivity contribution in [3.63, 3.8) is 0 Å². The molecule has 0 radical (unpaired) electrons. The molecule has 18 heavy (non-hydrogen) atoms. The van der Waals surface area contributed by atoms with Gasteiger partial charge in [-0.3, -0.25) is 0 Å². The van der Waals surface area contributed by atoms with Gasteiger partial charge in [0, 0.05) is 23.3 Å². The molecule has 0 aliphatic heterocycles. The van der Waals surface area contributed by atoms with Gasteiger partial charge in [0.15, 0.2) is 5.15 Å². The molecule has 0 spiro atoms. The third-order valence-electron chi connectivity index (χ3n) is 2.46. The minimum atomic E-state index is -0.341. The van der Waals surface area contributed by atoms with Crippen LogP contribution in [0.15, 0.2) is 30.5 Å². The zero-order valence-corrected chi connectivity index (χ0v) is 11.2. The van der Waals surface area contributed by atoms with Crippen molar-refractivity contribution in [3.8, 4) is 0 Å². The molecule has 0 aliphatic carbocycles. The summed E-state index contributed by atoms with van der Waals surface area (Å²) in [6.45, 7) is 2.24. The highest BCUT2D eigenvalue weighted by atomic mass is 35.5. The molecule has 1 aromatic carbocycles. The van der Waals surface area contributed by atoms with E-state index in [9.17, 15) is 4.39 Å². The number of aryl methyl sites for hydroxylation is 1. The van der Waals surface area contributed by atoms with Crippen LogP contribution >= 0.6 is 23.2 Å². The van der Waals surface area contributed by atoms with Gasteiger partial charge in [0.05, 0.1) is 5.69 Å². The summed E-state index contributed by atoms with van der Waals surface area (Å²) in [4.78, 5) is 4.02. The van der Waals surface area contributed by atoms with E-state index in [1.165, 1.54) is 6.07 Å². The first kappa shape index (κ1) is 13.1. The highest BCUT2D eigenvalue weighted by Gasteiger charge is 2.05. The third-order valence-corrected chi connectivity index (χ3v) is 3.00. The average Bonchev–Trinajstić information content (AvgIpc) is 2.32. The maximum absolute atomic E-state index is 13.6. The molecule has 0 bridgehead atoms. The van der Waals surface area contributed by atoms with Crippen LogP contribution in [-0.2, 0) is 6.54 Å². The summed E-state index contributed by atoms with van der Waals surface area (Å²) in [7, 11) is 0. The Hall–Kier alpha value is -1.32. The van der Waals surface area contributed by atoms with Crippen LogP contribution in [-0.4, -0.2) is 4.98 Å². The third kappa shape index (κ3) is 3.12. The molecule has 1 heterocycles. The maximum atomic E-state index is 13.6. The van der Waals surface area contributed by atoms with Crippen LogP contribution in [0.5, 0.6) is 0 Å². The molecule has 0 aliphatic rings. The minimum Gasteiger partial charge on any atom is -0.378 e. The van der Waals surface area contributed by atoms with Crippen LogP contribution in [0.4, 0.5) is 10.1 Å². The van der Waals surface area contributed by atoms with E-state index in [0.29, 0.717) is 28.0 Å². The van der Waals surface area contributed by atoms with Gasteiger partial charge < -0.3 is 5.32 Å². The number of hydrogen-bond acceptors (Lipinski definition) is 2. The fraction of sp³-hybridized carbons (Fsp3) is 0.154. The lowest BCUT2D eigenvalue weighted by Crippen LogP contribution is -2.03. The van der Waals surface area contributed by atoms with Gasteiger partial charge in [-0.15, -0.1) is 0 Å². The molecule has 0 amide bonds. The van der Waals surface area contributed by atoms with Crippen LogP contribution in [0.1, 0.15) is 11.1 Å². The molecule has 0 saturated heterocycles. The van der Waals surface area contributed by atoms with E-state index in [2.05, 4.69) is 10.3 Å². The Morgan fingerprint density at radius 2 is 2.06 bits per heavy atom. The van der Waals surface area contributed by atoms with E-state index in [-0.39, 0.29) is 5.82 Å². The van der Waals surface area contributed by atoms with Gasteiger partial charge in [-0.25, -0.2) is 9.37 Å².